The molecule has 0 saturated carbocycles. The number of aromatic nitrogens is 2. The van der Waals surface area contributed by atoms with Crippen molar-refractivity contribution in [1.29, 1.82) is 0 Å². The summed E-state index contributed by atoms with van der Waals surface area (Å²) >= 11 is 0. The molecule has 1 fully saturated rings. The molecule has 1 aromatic heterocycles. The number of carbonyl (C=O) groups is 1. The molecule has 1 atom stereocenters. The number of carbonyl (C=O) groups excluding carboxylic acids is 1. The molecule has 0 bridgehead atoms. The standard InChI is InChI=1S/C15H24N4O3/c1-18(13(20)5-10-22-2)11-15(21)6-3-9-19(12-15)14-16-7-4-8-17-14/h4,7-8,21H,3,5-6,9-12H2,1-2H3. The van der Waals surface area contributed by atoms with Crippen LogP contribution in [0.25, 0.3) is 0 Å². The van der Waals surface area contributed by atoms with E-state index in [1.807, 2.05) is 4.90 Å². The predicted molar refractivity (Wildman–Crippen MR) is 82.6 cm³/mol. The monoisotopic (exact) mass is 308 g/mol. The fraction of sp³-hybridized carbons (Fsp3) is 0.667. The summed E-state index contributed by atoms with van der Waals surface area (Å²) in [7, 11) is 3.29. The van der Waals surface area contributed by atoms with Crippen LogP contribution in [0.5, 0.6) is 0 Å². The largest absolute Gasteiger partial charge is 0.386 e. The number of nitrogens with zero attached hydrogens (tertiary/aromatic N) is 4. The van der Waals surface area contributed by atoms with Crippen molar-refractivity contribution in [2.24, 2.45) is 0 Å². The smallest absolute Gasteiger partial charge is 0.225 e. The molecule has 7 nitrogen and oxygen atoms in total. The number of hydrogen-bond donors (Lipinski definition) is 1. The molecule has 22 heavy (non-hydrogen) atoms. The molecule has 1 amide bonds. The van der Waals surface area contributed by atoms with E-state index < -0.39 is 5.60 Å². The van der Waals surface area contributed by atoms with Crippen molar-refractivity contribution in [3.63, 3.8) is 0 Å². The number of piperidine rings is 1. The summed E-state index contributed by atoms with van der Waals surface area (Å²) in [6.45, 7) is 1.94. The van der Waals surface area contributed by atoms with Gasteiger partial charge < -0.3 is 19.6 Å². The van der Waals surface area contributed by atoms with Gasteiger partial charge in [-0.05, 0) is 18.9 Å². The molecule has 7 heteroatoms. The normalized spacial score (nSPS) is 21.7. The molecule has 1 saturated heterocycles. The van der Waals surface area contributed by atoms with Gasteiger partial charge in [0.1, 0.15) is 0 Å². The summed E-state index contributed by atoms with van der Waals surface area (Å²) in [5, 5.41) is 10.8. The predicted octanol–water partition coefficient (Wildman–Crippen LogP) is 0.303. The Kier molecular flexibility index (Phi) is 5.68. The lowest BCUT2D eigenvalue weighted by Crippen LogP contribution is -2.55. The van der Waals surface area contributed by atoms with Crippen molar-refractivity contribution < 1.29 is 14.6 Å². The number of ether oxygens (including phenoxy) is 1. The van der Waals surface area contributed by atoms with E-state index in [0.29, 0.717) is 38.5 Å². The van der Waals surface area contributed by atoms with Gasteiger partial charge in [0, 0.05) is 33.1 Å². The summed E-state index contributed by atoms with van der Waals surface area (Å²) in [6, 6.07) is 1.77. The number of rotatable bonds is 6. The molecule has 1 N–H and O–H groups in total. The topological polar surface area (TPSA) is 78.8 Å². The highest BCUT2D eigenvalue weighted by Crippen LogP contribution is 2.24. The first-order valence-electron chi connectivity index (χ1n) is 7.51. The molecule has 2 heterocycles. The number of hydrogen-bond acceptors (Lipinski definition) is 6. The third-order valence-corrected chi connectivity index (χ3v) is 3.87. The van der Waals surface area contributed by atoms with Crippen LogP contribution in [0.3, 0.4) is 0 Å². The lowest BCUT2D eigenvalue weighted by molar-refractivity contribution is -0.134. The summed E-state index contributed by atoms with van der Waals surface area (Å²) in [4.78, 5) is 24.0. The summed E-state index contributed by atoms with van der Waals surface area (Å²) in [5.41, 5.74) is -0.936. The Labute approximate surface area is 130 Å². The van der Waals surface area contributed by atoms with E-state index in [9.17, 15) is 9.90 Å². The average molecular weight is 308 g/mol. The quantitative estimate of drug-likeness (QED) is 0.814. The minimum Gasteiger partial charge on any atom is -0.386 e. The van der Waals surface area contributed by atoms with Crippen LogP contribution >= 0.6 is 0 Å². The van der Waals surface area contributed by atoms with E-state index in [4.69, 9.17) is 4.74 Å². The minimum atomic E-state index is -0.936. The van der Waals surface area contributed by atoms with Crippen LogP contribution in [-0.2, 0) is 9.53 Å². The SMILES string of the molecule is COCCC(=O)N(C)CC1(O)CCCN(c2ncccn2)C1. The van der Waals surface area contributed by atoms with Gasteiger partial charge in [0.25, 0.3) is 0 Å². The third kappa shape index (κ3) is 4.38. The second-order valence-electron chi connectivity index (χ2n) is 5.79. The fourth-order valence-electron chi connectivity index (χ4n) is 2.78. The van der Waals surface area contributed by atoms with E-state index in [1.54, 1.807) is 37.5 Å². The number of β-amino-alcohol motifs (C(OH)–C–C–N with tert-alkyl or cyclic N) is 1. The van der Waals surface area contributed by atoms with E-state index in [1.165, 1.54) is 0 Å². The van der Waals surface area contributed by atoms with Crippen molar-refractivity contribution in [2.45, 2.75) is 24.9 Å². The van der Waals surface area contributed by atoms with Crippen LogP contribution in [0.4, 0.5) is 5.95 Å². The highest BCUT2D eigenvalue weighted by atomic mass is 16.5. The second kappa shape index (κ2) is 7.51. The van der Waals surface area contributed by atoms with Gasteiger partial charge in [-0.1, -0.05) is 0 Å². The van der Waals surface area contributed by atoms with E-state index in [0.717, 1.165) is 13.0 Å². The van der Waals surface area contributed by atoms with Crippen LogP contribution < -0.4 is 4.90 Å². The Bertz CT molecular complexity index is 485. The van der Waals surface area contributed by atoms with Gasteiger partial charge in [0.15, 0.2) is 0 Å². The molecule has 2 rings (SSSR count). The van der Waals surface area contributed by atoms with Gasteiger partial charge in [0.05, 0.1) is 31.7 Å². The number of methoxy groups -OCH3 is 1. The van der Waals surface area contributed by atoms with Crippen molar-refractivity contribution in [3.8, 4) is 0 Å². The summed E-state index contributed by atoms with van der Waals surface area (Å²) in [6.07, 6.45) is 5.22. The highest BCUT2D eigenvalue weighted by Gasteiger charge is 2.36. The second-order valence-corrected chi connectivity index (χ2v) is 5.79. The van der Waals surface area contributed by atoms with Gasteiger partial charge in [-0.25, -0.2) is 9.97 Å². The van der Waals surface area contributed by atoms with Gasteiger partial charge in [-0.2, -0.15) is 0 Å². The Morgan fingerprint density at radius 1 is 1.50 bits per heavy atom. The maximum absolute atomic E-state index is 12.0. The maximum atomic E-state index is 12.0. The fourth-order valence-corrected chi connectivity index (χ4v) is 2.78. The maximum Gasteiger partial charge on any atom is 0.225 e. The Morgan fingerprint density at radius 2 is 2.23 bits per heavy atom. The molecular formula is C15H24N4O3. The Morgan fingerprint density at radius 3 is 2.91 bits per heavy atom. The zero-order chi connectivity index (χ0) is 16.0. The van der Waals surface area contributed by atoms with Gasteiger partial charge in [-0.15, -0.1) is 0 Å². The molecule has 1 aromatic rings. The zero-order valence-electron chi connectivity index (χ0n) is 13.2. The van der Waals surface area contributed by atoms with E-state index >= 15 is 0 Å². The van der Waals surface area contributed by atoms with Crippen LogP contribution in [0.15, 0.2) is 18.5 Å². The number of likely N-dealkylation sites (N-methyl/N-ethyl adjacent to an activating group) is 1. The molecule has 0 spiro atoms. The van der Waals surface area contributed by atoms with Crippen molar-refractivity contribution >= 4 is 11.9 Å². The van der Waals surface area contributed by atoms with E-state index in [2.05, 4.69) is 9.97 Å². The molecule has 1 aliphatic heterocycles. The Hall–Kier alpha value is -1.73. The van der Waals surface area contributed by atoms with Crippen LogP contribution in [0.1, 0.15) is 19.3 Å². The molecule has 1 unspecified atom stereocenters. The highest BCUT2D eigenvalue weighted by molar-refractivity contribution is 5.76. The van der Waals surface area contributed by atoms with Crippen LogP contribution in [0, 0.1) is 0 Å². The molecule has 122 valence electrons. The number of aliphatic hydroxyl groups is 1. The van der Waals surface area contributed by atoms with Crippen molar-refractivity contribution in [3.05, 3.63) is 18.5 Å². The zero-order valence-corrected chi connectivity index (χ0v) is 13.2. The lowest BCUT2D eigenvalue weighted by Gasteiger charge is -2.41. The number of anilines is 1. The summed E-state index contributed by atoms with van der Waals surface area (Å²) in [5.74, 6) is 0.595. The molecule has 0 aromatic carbocycles. The first-order chi connectivity index (χ1) is 10.5. The third-order valence-electron chi connectivity index (χ3n) is 3.87. The van der Waals surface area contributed by atoms with Crippen molar-refractivity contribution in [2.75, 3.05) is 45.3 Å². The lowest BCUT2D eigenvalue weighted by atomic mass is 9.92. The first kappa shape index (κ1) is 16.6. The van der Waals surface area contributed by atoms with Gasteiger partial charge in [-0.3, -0.25) is 4.79 Å². The molecule has 0 radical (unpaired) electrons. The minimum absolute atomic E-state index is 0.0247. The van der Waals surface area contributed by atoms with Gasteiger partial charge in [0.2, 0.25) is 11.9 Å². The van der Waals surface area contributed by atoms with Gasteiger partial charge >= 0.3 is 0 Å². The Balaban J connectivity index is 1.96. The van der Waals surface area contributed by atoms with Crippen LogP contribution in [0.2, 0.25) is 0 Å². The number of amides is 1. The first-order valence-corrected chi connectivity index (χ1v) is 7.51. The van der Waals surface area contributed by atoms with Crippen molar-refractivity contribution in [1.82, 2.24) is 14.9 Å². The molecule has 1 aliphatic rings. The summed E-state index contributed by atoms with van der Waals surface area (Å²) < 4.78 is 4.92. The molecular weight excluding hydrogens is 284 g/mol. The van der Waals surface area contributed by atoms with E-state index in [-0.39, 0.29) is 5.91 Å². The van der Waals surface area contributed by atoms with Crippen LogP contribution in [-0.4, -0.2) is 71.9 Å². The average Bonchev–Trinajstić information content (AvgIpc) is 2.53. The molecule has 0 aliphatic carbocycles.